The second-order valence-corrected chi connectivity index (χ2v) is 5.47. The number of nitrogens with two attached hydrogens (primary N) is 1. The monoisotopic (exact) mass is 327 g/mol. The SMILES string of the molecule is CCCC(N)C(=O)Nc1ccc(CN2CCOCC2)cc1.Cl. The summed E-state index contributed by atoms with van der Waals surface area (Å²) in [6.45, 7) is 6.52. The van der Waals surface area contributed by atoms with E-state index in [1.54, 1.807) is 0 Å². The highest BCUT2D eigenvalue weighted by atomic mass is 35.5. The summed E-state index contributed by atoms with van der Waals surface area (Å²) in [5, 5.41) is 2.86. The van der Waals surface area contributed by atoms with E-state index in [4.69, 9.17) is 10.5 Å². The van der Waals surface area contributed by atoms with Gasteiger partial charge in [-0.3, -0.25) is 9.69 Å². The Morgan fingerprint density at radius 1 is 1.32 bits per heavy atom. The Hall–Kier alpha value is -1.14. The van der Waals surface area contributed by atoms with Crippen LogP contribution in [0, 0.1) is 0 Å². The number of rotatable bonds is 6. The van der Waals surface area contributed by atoms with E-state index in [9.17, 15) is 4.79 Å². The lowest BCUT2D eigenvalue weighted by atomic mass is 10.1. The Kier molecular flexibility index (Phi) is 8.42. The Morgan fingerprint density at radius 2 is 1.95 bits per heavy atom. The maximum atomic E-state index is 11.8. The molecule has 5 nitrogen and oxygen atoms in total. The third kappa shape index (κ3) is 5.93. The summed E-state index contributed by atoms with van der Waals surface area (Å²) >= 11 is 0. The van der Waals surface area contributed by atoms with Gasteiger partial charge in [-0.2, -0.15) is 0 Å². The highest BCUT2D eigenvalue weighted by Gasteiger charge is 2.13. The second-order valence-electron chi connectivity index (χ2n) is 5.47. The minimum Gasteiger partial charge on any atom is -0.379 e. The van der Waals surface area contributed by atoms with Crippen LogP contribution in [0.1, 0.15) is 25.3 Å². The Bertz CT molecular complexity index is 447. The minimum absolute atomic E-state index is 0. The first-order valence-electron chi connectivity index (χ1n) is 7.64. The van der Waals surface area contributed by atoms with Crippen molar-refractivity contribution in [3.63, 3.8) is 0 Å². The zero-order valence-corrected chi connectivity index (χ0v) is 13.9. The topological polar surface area (TPSA) is 67.6 Å². The highest BCUT2D eigenvalue weighted by molar-refractivity contribution is 5.94. The summed E-state index contributed by atoms with van der Waals surface area (Å²) in [6.07, 6.45) is 1.62. The quantitative estimate of drug-likeness (QED) is 0.838. The summed E-state index contributed by atoms with van der Waals surface area (Å²) in [4.78, 5) is 14.2. The predicted octanol–water partition coefficient (Wildman–Crippen LogP) is 2.01. The van der Waals surface area contributed by atoms with Crippen molar-refractivity contribution >= 4 is 24.0 Å². The number of carbonyl (C=O) groups excluding carboxylic acids is 1. The number of nitrogens with one attached hydrogen (secondary N) is 1. The van der Waals surface area contributed by atoms with Crippen LogP contribution in [0.25, 0.3) is 0 Å². The zero-order chi connectivity index (χ0) is 15.1. The molecule has 1 aliphatic rings. The maximum Gasteiger partial charge on any atom is 0.241 e. The van der Waals surface area contributed by atoms with Crippen LogP contribution >= 0.6 is 12.4 Å². The van der Waals surface area contributed by atoms with Gasteiger partial charge < -0.3 is 15.8 Å². The number of hydrogen-bond donors (Lipinski definition) is 2. The largest absolute Gasteiger partial charge is 0.379 e. The molecule has 0 bridgehead atoms. The molecule has 1 saturated heterocycles. The van der Waals surface area contributed by atoms with Gasteiger partial charge in [0, 0.05) is 25.3 Å². The molecule has 2 rings (SSSR count). The van der Waals surface area contributed by atoms with E-state index in [0.29, 0.717) is 6.42 Å². The van der Waals surface area contributed by atoms with Crippen molar-refractivity contribution in [2.24, 2.45) is 5.73 Å². The summed E-state index contributed by atoms with van der Waals surface area (Å²) in [7, 11) is 0. The number of ether oxygens (including phenoxy) is 1. The molecule has 1 aliphatic heterocycles. The van der Waals surface area contributed by atoms with Gasteiger partial charge in [0.1, 0.15) is 0 Å². The van der Waals surface area contributed by atoms with Crippen molar-refractivity contribution in [3.05, 3.63) is 29.8 Å². The Morgan fingerprint density at radius 3 is 2.55 bits per heavy atom. The number of benzene rings is 1. The van der Waals surface area contributed by atoms with Crippen molar-refractivity contribution in [1.29, 1.82) is 0 Å². The van der Waals surface area contributed by atoms with Crippen LogP contribution in [0.15, 0.2) is 24.3 Å². The van der Waals surface area contributed by atoms with Crippen LogP contribution < -0.4 is 11.1 Å². The van der Waals surface area contributed by atoms with E-state index >= 15 is 0 Å². The molecular formula is C16H26ClN3O2. The van der Waals surface area contributed by atoms with Gasteiger partial charge >= 0.3 is 0 Å². The Labute approximate surface area is 138 Å². The van der Waals surface area contributed by atoms with Gasteiger partial charge in [-0.05, 0) is 24.1 Å². The highest BCUT2D eigenvalue weighted by Crippen LogP contribution is 2.13. The molecule has 3 N–H and O–H groups in total. The molecule has 6 heteroatoms. The van der Waals surface area contributed by atoms with Crippen LogP contribution in [0.4, 0.5) is 5.69 Å². The predicted molar refractivity (Wildman–Crippen MR) is 91.3 cm³/mol. The molecule has 0 aromatic heterocycles. The number of hydrogen-bond acceptors (Lipinski definition) is 4. The molecule has 1 aromatic carbocycles. The molecule has 0 saturated carbocycles. The fourth-order valence-electron chi connectivity index (χ4n) is 2.39. The van der Waals surface area contributed by atoms with E-state index in [1.165, 1.54) is 5.56 Å². The fraction of sp³-hybridized carbons (Fsp3) is 0.562. The van der Waals surface area contributed by atoms with Crippen molar-refractivity contribution in [3.8, 4) is 0 Å². The first kappa shape index (κ1) is 18.9. The van der Waals surface area contributed by atoms with Gasteiger partial charge in [-0.15, -0.1) is 12.4 Å². The first-order chi connectivity index (χ1) is 10.2. The number of carbonyl (C=O) groups is 1. The summed E-state index contributed by atoms with van der Waals surface area (Å²) in [6, 6.07) is 7.55. The molecule has 1 fully saturated rings. The van der Waals surface area contributed by atoms with Crippen molar-refractivity contribution < 1.29 is 9.53 Å². The van der Waals surface area contributed by atoms with Gasteiger partial charge in [0.25, 0.3) is 0 Å². The molecule has 1 unspecified atom stereocenters. The average molecular weight is 328 g/mol. The van der Waals surface area contributed by atoms with Gasteiger partial charge in [0.05, 0.1) is 19.3 Å². The van der Waals surface area contributed by atoms with Crippen molar-refractivity contribution in [2.45, 2.75) is 32.4 Å². The summed E-state index contributed by atoms with van der Waals surface area (Å²) in [5.74, 6) is -0.113. The third-order valence-electron chi connectivity index (χ3n) is 3.67. The number of nitrogens with zero attached hydrogens (tertiary/aromatic N) is 1. The summed E-state index contributed by atoms with van der Waals surface area (Å²) in [5.41, 5.74) is 7.84. The minimum atomic E-state index is -0.428. The molecule has 1 heterocycles. The molecule has 124 valence electrons. The fourth-order valence-corrected chi connectivity index (χ4v) is 2.39. The lowest BCUT2D eigenvalue weighted by Crippen LogP contribution is -2.35. The molecule has 1 atom stereocenters. The number of morpholine rings is 1. The smallest absolute Gasteiger partial charge is 0.241 e. The van der Waals surface area contributed by atoms with Gasteiger partial charge in [-0.25, -0.2) is 0 Å². The van der Waals surface area contributed by atoms with Crippen LogP contribution in [0.2, 0.25) is 0 Å². The van der Waals surface area contributed by atoms with Crippen LogP contribution in [0.5, 0.6) is 0 Å². The number of anilines is 1. The molecule has 0 radical (unpaired) electrons. The second kappa shape index (κ2) is 9.79. The van der Waals surface area contributed by atoms with E-state index in [2.05, 4.69) is 22.3 Å². The van der Waals surface area contributed by atoms with Crippen molar-refractivity contribution in [1.82, 2.24) is 4.90 Å². The number of halogens is 1. The molecule has 1 amide bonds. The van der Waals surface area contributed by atoms with E-state index in [0.717, 1.165) is 45.0 Å². The van der Waals surface area contributed by atoms with E-state index in [1.807, 2.05) is 19.1 Å². The lowest BCUT2D eigenvalue weighted by Gasteiger charge is -2.26. The zero-order valence-electron chi connectivity index (χ0n) is 13.1. The van der Waals surface area contributed by atoms with E-state index in [-0.39, 0.29) is 18.3 Å². The number of amides is 1. The van der Waals surface area contributed by atoms with Gasteiger partial charge in [0.2, 0.25) is 5.91 Å². The third-order valence-corrected chi connectivity index (χ3v) is 3.67. The van der Waals surface area contributed by atoms with Gasteiger partial charge in [-0.1, -0.05) is 25.5 Å². The molecule has 0 spiro atoms. The van der Waals surface area contributed by atoms with Gasteiger partial charge in [0.15, 0.2) is 0 Å². The first-order valence-corrected chi connectivity index (χ1v) is 7.64. The van der Waals surface area contributed by atoms with Crippen LogP contribution in [-0.2, 0) is 16.1 Å². The molecule has 1 aromatic rings. The normalized spacial score (nSPS) is 16.6. The molecule has 22 heavy (non-hydrogen) atoms. The lowest BCUT2D eigenvalue weighted by molar-refractivity contribution is -0.117. The average Bonchev–Trinajstić information content (AvgIpc) is 2.50. The molecular weight excluding hydrogens is 302 g/mol. The summed E-state index contributed by atoms with van der Waals surface area (Å²) < 4.78 is 5.34. The van der Waals surface area contributed by atoms with Crippen LogP contribution in [-0.4, -0.2) is 43.2 Å². The van der Waals surface area contributed by atoms with Crippen LogP contribution in [0.3, 0.4) is 0 Å². The maximum absolute atomic E-state index is 11.8. The Balaban J connectivity index is 0.00000242. The standard InChI is InChI=1S/C16H25N3O2.ClH/c1-2-3-15(17)16(20)18-14-6-4-13(5-7-14)12-19-8-10-21-11-9-19;/h4-7,15H,2-3,8-12,17H2,1H3,(H,18,20);1H. The molecule has 0 aliphatic carbocycles. The van der Waals surface area contributed by atoms with Crippen molar-refractivity contribution in [2.75, 3.05) is 31.6 Å². The van der Waals surface area contributed by atoms with E-state index < -0.39 is 6.04 Å².